The lowest BCUT2D eigenvalue weighted by molar-refractivity contribution is 0.198. The van der Waals surface area contributed by atoms with E-state index in [1.807, 2.05) is 6.07 Å². The number of halogens is 1. The average molecular weight is 342 g/mol. The third kappa shape index (κ3) is 4.76. The van der Waals surface area contributed by atoms with Crippen LogP contribution in [0.5, 0.6) is 5.75 Å². The Morgan fingerprint density at radius 2 is 2.10 bits per heavy atom. The van der Waals surface area contributed by atoms with Crippen LogP contribution >= 0.6 is 15.9 Å². The van der Waals surface area contributed by atoms with Crippen molar-refractivity contribution in [3.05, 3.63) is 28.2 Å². The van der Waals surface area contributed by atoms with Gasteiger partial charge in [-0.15, -0.1) is 0 Å². The van der Waals surface area contributed by atoms with Gasteiger partial charge in [0.05, 0.1) is 17.7 Å². The molecule has 0 aliphatic heterocycles. The zero-order chi connectivity index (χ0) is 14.2. The Kier molecular flexibility index (Phi) is 6.83. The van der Waals surface area contributed by atoms with Gasteiger partial charge in [-0.25, -0.2) is 0 Å². The average Bonchev–Trinajstić information content (AvgIpc) is 2.96. The summed E-state index contributed by atoms with van der Waals surface area (Å²) in [6.07, 6.45) is 5.34. The topological polar surface area (TPSA) is 30.5 Å². The fraction of sp³-hybridized carbons (Fsp3) is 0.625. The fourth-order valence-electron chi connectivity index (χ4n) is 2.63. The lowest BCUT2D eigenvalue weighted by Gasteiger charge is -2.16. The van der Waals surface area contributed by atoms with Crippen molar-refractivity contribution in [3.63, 3.8) is 0 Å². The second-order valence-corrected chi connectivity index (χ2v) is 6.21. The highest BCUT2D eigenvalue weighted by molar-refractivity contribution is 9.10. The predicted octanol–water partition coefficient (Wildman–Crippen LogP) is 3.75. The van der Waals surface area contributed by atoms with Crippen molar-refractivity contribution < 1.29 is 9.47 Å². The summed E-state index contributed by atoms with van der Waals surface area (Å²) >= 11 is 3.60. The van der Waals surface area contributed by atoms with Crippen molar-refractivity contribution in [2.24, 2.45) is 5.92 Å². The predicted molar refractivity (Wildman–Crippen MR) is 85.2 cm³/mol. The van der Waals surface area contributed by atoms with E-state index in [4.69, 9.17) is 9.47 Å². The van der Waals surface area contributed by atoms with E-state index in [1.54, 1.807) is 7.11 Å². The first-order chi connectivity index (χ1) is 9.81. The molecule has 1 saturated carbocycles. The first-order valence-electron chi connectivity index (χ1n) is 7.41. The van der Waals surface area contributed by atoms with Gasteiger partial charge >= 0.3 is 0 Å². The van der Waals surface area contributed by atoms with E-state index < -0.39 is 0 Å². The molecule has 0 amide bonds. The molecule has 3 nitrogen and oxygen atoms in total. The van der Waals surface area contributed by atoms with Crippen LogP contribution in [0.25, 0.3) is 0 Å². The molecule has 0 radical (unpaired) electrons. The van der Waals surface area contributed by atoms with Crippen molar-refractivity contribution >= 4 is 15.9 Å². The van der Waals surface area contributed by atoms with Gasteiger partial charge < -0.3 is 14.8 Å². The van der Waals surface area contributed by atoms with Crippen molar-refractivity contribution in [2.45, 2.75) is 32.2 Å². The van der Waals surface area contributed by atoms with E-state index in [2.05, 4.69) is 33.4 Å². The summed E-state index contributed by atoms with van der Waals surface area (Å²) in [5.41, 5.74) is 1.20. The zero-order valence-corrected chi connectivity index (χ0v) is 13.7. The maximum atomic E-state index is 6.09. The Bertz CT molecular complexity index is 405. The van der Waals surface area contributed by atoms with E-state index in [0.717, 1.165) is 42.4 Å². The smallest absolute Gasteiger partial charge is 0.137 e. The van der Waals surface area contributed by atoms with E-state index >= 15 is 0 Å². The van der Waals surface area contributed by atoms with Crippen LogP contribution < -0.4 is 10.1 Å². The third-order valence-electron chi connectivity index (χ3n) is 3.79. The molecule has 0 bridgehead atoms. The Hall–Kier alpha value is -0.580. The number of rotatable bonds is 8. The lowest BCUT2D eigenvalue weighted by atomic mass is 10.1. The van der Waals surface area contributed by atoms with Crippen LogP contribution in [-0.2, 0) is 11.3 Å². The van der Waals surface area contributed by atoms with E-state index in [-0.39, 0.29) is 0 Å². The fourth-order valence-corrected chi connectivity index (χ4v) is 3.15. The van der Waals surface area contributed by atoms with Crippen LogP contribution in [0.2, 0.25) is 0 Å². The van der Waals surface area contributed by atoms with Gasteiger partial charge in [-0.2, -0.15) is 0 Å². The molecule has 1 N–H and O–H groups in total. The molecule has 0 aromatic heterocycles. The molecule has 1 aromatic rings. The minimum atomic E-state index is 0.728. The van der Waals surface area contributed by atoms with Crippen LogP contribution in [0.4, 0.5) is 0 Å². The third-order valence-corrected chi connectivity index (χ3v) is 4.41. The lowest BCUT2D eigenvalue weighted by Crippen LogP contribution is -2.19. The van der Waals surface area contributed by atoms with Gasteiger partial charge in [0.1, 0.15) is 5.75 Å². The van der Waals surface area contributed by atoms with E-state index in [0.29, 0.717) is 0 Å². The number of para-hydroxylation sites is 1. The molecule has 20 heavy (non-hydrogen) atoms. The Balaban J connectivity index is 1.90. The van der Waals surface area contributed by atoms with Crippen LogP contribution in [0.3, 0.4) is 0 Å². The number of hydrogen-bond donors (Lipinski definition) is 1. The SMILES string of the molecule is COCCNCc1cccc(Br)c1OCC1CCCC1. The van der Waals surface area contributed by atoms with Gasteiger partial charge in [-0.1, -0.05) is 25.0 Å². The number of hydrogen-bond acceptors (Lipinski definition) is 3. The Morgan fingerprint density at radius 1 is 1.30 bits per heavy atom. The van der Waals surface area contributed by atoms with Gasteiger partial charge in [-0.3, -0.25) is 0 Å². The minimum absolute atomic E-state index is 0.728. The highest BCUT2D eigenvalue weighted by Crippen LogP contribution is 2.31. The summed E-state index contributed by atoms with van der Waals surface area (Å²) < 4.78 is 12.2. The first kappa shape index (κ1) is 15.8. The van der Waals surface area contributed by atoms with Crippen molar-refractivity contribution in [3.8, 4) is 5.75 Å². The minimum Gasteiger partial charge on any atom is -0.492 e. The highest BCUT2D eigenvalue weighted by Gasteiger charge is 2.17. The molecule has 0 saturated heterocycles. The maximum Gasteiger partial charge on any atom is 0.137 e. The number of nitrogens with one attached hydrogen (secondary N) is 1. The Morgan fingerprint density at radius 3 is 2.85 bits per heavy atom. The Labute approximate surface area is 130 Å². The van der Waals surface area contributed by atoms with Crippen LogP contribution in [0.15, 0.2) is 22.7 Å². The summed E-state index contributed by atoms with van der Waals surface area (Å²) in [6, 6.07) is 6.22. The normalized spacial score (nSPS) is 15.7. The maximum absolute atomic E-state index is 6.09. The second kappa shape index (κ2) is 8.65. The summed E-state index contributed by atoms with van der Waals surface area (Å²) in [7, 11) is 1.72. The molecule has 0 spiro atoms. The van der Waals surface area contributed by atoms with Crippen molar-refractivity contribution in [1.82, 2.24) is 5.32 Å². The van der Waals surface area contributed by atoms with E-state index in [9.17, 15) is 0 Å². The summed E-state index contributed by atoms with van der Waals surface area (Å²) in [6.45, 7) is 3.23. The summed E-state index contributed by atoms with van der Waals surface area (Å²) in [4.78, 5) is 0. The molecular weight excluding hydrogens is 318 g/mol. The van der Waals surface area contributed by atoms with Crippen molar-refractivity contribution in [1.29, 1.82) is 0 Å². The first-order valence-corrected chi connectivity index (χ1v) is 8.20. The molecule has 0 heterocycles. The summed E-state index contributed by atoms with van der Waals surface area (Å²) in [5, 5.41) is 3.37. The molecule has 1 aliphatic rings. The molecule has 2 rings (SSSR count). The van der Waals surface area contributed by atoms with Crippen LogP contribution in [-0.4, -0.2) is 26.9 Å². The molecule has 1 aromatic carbocycles. The largest absolute Gasteiger partial charge is 0.492 e. The number of methoxy groups -OCH3 is 1. The quantitative estimate of drug-likeness (QED) is 0.730. The van der Waals surface area contributed by atoms with E-state index in [1.165, 1.54) is 31.2 Å². The molecule has 0 unspecified atom stereocenters. The molecule has 0 atom stereocenters. The molecule has 4 heteroatoms. The number of ether oxygens (including phenoxy) is 2. The van der Waals surface area contributed by atoms with Gasteiger partial charge in [0.15, 0.2) is 0 Å². The highest BCUT2D eigenvalue weighted by atomic mass is 79.9. The van der Waals surface area contributed by atoms with Gasteiger partial charge in [0, 0.05) is 25.8 Å². The monoisotopic (exact) mass is 341 g/mol. The van der Waals surface area contributed by atoms with Gasteiger partial charge in [0.2, 0.25) is 0 Å². The van der Waals surface area contributed by atoms with Crippen LogP contribution in [0, 0.1) is 5.92 Å². The van der Waals surface area contributed by atoms with Gasteiger partial charge in [0.25, 0.3) is 0 Å². The molecule has 1 aliphatic carbocycles. The summed E-state index contributed by atoms with van der Waals surface area (Å²) in [5.74, 6) is 1.72. The second-order valence-electron chi connectivity index (χ2n) is 5.36. The van der Waals surface area contributed by atoms with Crippen molar-refractivity contribution in [2.75, 3.05) is 26.9 Å². The standard InChI is InChI=1S/C16H24BrNO2/c1-19-10-9-18-11-14-7-4-8-15(17)16(14)20-12-13-5-2-3-6-13/h4,7-8,13,18H,2-3,5-6,9-12H2,1H3. The van der Waals surface area contributed by atoms with Crippen LogP contribution in [0.1, 0.15) is 31.2 Å². The van der Waals surface area contributed by atoms with Gasteiger partial charge in [-0.05, 0) is 40.8 Å². The molecule has 1 fully saturated rings. The number of benzene rings is 1. The molecule has 112 valence electrons. The zero-order valence-electron chi connectivity index (χ0n) is 12.2. The molecular formula is C16H24BrNO2.